The first-order valence-corrected chi connectivity index (χ1v) is 19.6. The summed E-state index contributed by atoms with van der Waals surface area (Å²) < 4.78 is 0. The predicted molar refractivity (Wildman–Crippen MR) is 240 cm³/mol. The van der Waals surface area contributed by atoms with Crippen LogP contribution in [-0.2, 0) is 5.41 Å². The molecule has 0 atom stereocenters. The normalized spacial score (nSPS) is 13.0. The zero-order valence-corrected chi connectivity index (χ0v) is 31.5. The minimum absolute atomic E-state index is 0.0983. The van der Waals surface area contributed by atoms with Crippen molar-refractivity contribution >= 4 is 60.2 Å². The highest BCUT2D eigenvalue weighted by molar-refractivity contribution is 6.17. The minimum Gasteiger partial charge on any atom is -0.310 e. The fourth-order valence-electron chi connectivity index (χ4n) is 9.28. The third kappa shape index (κ3) is 5.16. The minimum atomic E-state index is -0.0983. The molecule has 10 aromatic rings. The number of hydrogen-bond acceptors (Lipinski definition) is 1. The number of anilines is 3. The van der Waals surface area contributed by atoms with Gasteiger partial charge in [0.2, 0.25) is 0 Å². The third-order valence-electron chi connectivity index (χ3n) is 12.2. The van der Waals surface area contributed by atoms with E-state index < -0.39 is 0 Å². The second-order valence-electron chi connectivity index (χ2n) is 15.8. The third-order valence-corrected chi connectivity index (χ3v) is 12.2. The molecule has 0 fully saturated rings. The van der Waals surface area contributed by atoms with E-state index in [9.17, 15) is 0 Å². The van der Waals surface area contributed by atoms with Crippen molar-refractivity contribution in [3.05, 3.63) is 211 Å². The summed E-state index contributed by atoms with van der Waals surface area (Å²) in [6.07, 6.45) is 0. The van der Waals surface area contributed by atoms with Gasteiger partial charge >= 0.3 is 0 Å². The van der Waals surface area contributed by atoms with Crippen LogP contribution in [0.4, 0.5) is 17.1 Å². The molecule has 1 aliphatic carbocycles. The standard InChI is InChI=1S/C55H39N/c1-55(2)53-17-8-7-16-51(53)52-31-27-46(35-54(52)55)56(45-14-9-13-40(34-45)42-19-18-36-10-3-4-12-39(36)32-42)44-25-20-37(21-26-44)41-23-28-48-43(33-41)24-30-49-47-15-6-5-11-38(47)22-29-50(48)49/h3-35H,1-2H3. The van der Waals surface area contributed by atoms with Crippen LogP contribution in [0.15, 0.2) is 200 Å². The summed E-state index contributed by atoms with van der Waals surface area (Å²) in [5.74, 6) is 0. The fourth-order valence-corrected chi connectivity index (χ4v) is 9.28. The van der Waals surface area contributed by atoms with Crippen molar-refractivity contribution in [2.75, 3.05) is 4.90 Å². The molecular formula is C55H39N. The SMILES string of the molecule is CC1(C)c2ccccc2-c2ccc(N(c3ccc(-c4ccc5c(ccc6c7ccccc7ccc56)c4)cc3)c3cccc(-c4ccc5ccccc5c4)c3)cc21. The van der Waals surface area contributed by atoms with E-state index in [1.165, 1.54) is 87.6 Å². The summed E-state index contributed by atoms with van der Waals surface area (Å²) in [5, 5.41) is 10.2. The van der Waals surface area contributed by atoms with E-state index in [0.29, 0.717) is 0 Å². The van der Waals surface area contributed by atoms with Gasteiger partial charge in [0.15, 0.2) is 0 Å². The van der Waals surface area contributed by atoms with Crippen LogP contribution in [0, 0.1) is 0 Å². The summed E-state index contributed by atoms with van der Waals surface area (Å²) in [7, 11) is 0. The van der Waals surface area contributed by atoms with Crippen molar-refractivity contribution in [3.8, 4) is 33.4 Å². The lowest BCUT2D eigenvalue weighted by molar-refractivity contribution is 0.660. The van der Waals surface area contributed by atoms with Crippen molar-refractivity contribution < 1.29 is 0 Å². The van der Waals surface area contributed by atoms with E-state index in [4.69, 9.17) is 0 Å². The smallest absolute Gasteiger partial charge is 0.0467 e. The van der Waals surface area contributed by atoms with Crippen LogP contribution in [0.1, 0.15) is 25.0 Å². The lowest BCUT2D eigenvalue weighted by atomic mass is 9.82. The molecule has 1 nitrogen and oxygen atoms in total. The Morgan fingerprint density at radius 1 is 0.304 bits per heavy atom. The molecule has 1 aliphatic rings. The summed E-state index contributed by atoms with van der Waals surface area (Å²) in [5.41, 5.74) is 13.5. The van der Waals surface area contributed by atoms with E-state index in [1.807, 2.05) is 0 Å². The number of nitrogens with zero attached hydrogens (tertiary/aromatic N) is 1. The van der Waals surface area contributed by atoms with Crippen LogP contribution in [0.5, 0.6) is 0 Å². The Hall–Kier alpha value is -6.96. The Morgan fingerprint density at radius 2 is 0.857 bits per heavy atom. The van der Waals surface area contributed by atoms with Gasteiger partial charge in [-0.25, -0.2) is 0 Å². The average molecular weight is 714 g/mol. The molecule has 0 saturated carbocycles. The lowest BCUT2D eigenvalue weighted by Gasteiger charge is -2.28. The summed E-state index contributed by atoms with van der Waals surface area (Å²) >= 11 is 0. The van der Waals surface area contributed by atoms with Gasteiger partial charge in [0.25, 0.3) is 0 Å². The lowest BCUT2D eigenvalue weighted by Crippen LogP contribution is -2.16. The highest BCUT2D eigenvalue weighted by Crippen LogP contribution is 2.51. The molecule has 1 heteroatoms. The molecular weight excluding hydrogens is 675 g/mol. The number of rotatable bonds is 5. The Kier molecular flexibility index (Phi) is 7.28. The average Bonchev–Trinajstić information content (AvgIpc) is 3.48. The molecule has 264 valence electrons. The number of fused-ring (bicyclic) bond motifs is 9. The molecule has 11 rings (SSSR count). The van der Waals surface area contributed by atoms with Gasteiger partial charge in [0, 0.05) is 22.5 Å². The molecule has 0 aliphatic heterocycles. The number of benzene rings is 10. The zero-order valence-electron chi connectivity index (χ0n) is 31.5. The second-order valence-corrected chi connectivity index (χ2v) is 15.8. The van der Waals surface area contributed by atoms with Gasteiger partial charge < -0.3 is 4.90 Å². The van der Waals surface area contributed by atoms with Crippen molar-refractivity contribution in [2.24, 2.45) is 0 Å². The first kappa shape index (κ1) is 32.5. The Morgan fingerprint density at radius 3 is 1.71 bits per heavy atom. The summed E-state index contributed by atoms with van der Waals surface area (Å²) in [4.78, 5) is 2.42. The van der Waals surface area contributed by atoms with Crippen LogP contribution < -0.4 is 4.90 Å². The van der Waals surface area contributed by atoms with Gasteiger partial charge in [-0.1, -0.05) is 166 Å². The van der Waals surface area contributed by atoms with E-state index in [1.54, 1.807) is 0 Å². The van der Waals surface area contributed by atoms with E-state index in [2.05, 4.69) is 219 Å². The van der Waals surface area contributed by atoms with Crippen molar-refractivity contribution in [1.82, 2.24) is 0 Å². The second kappa shape index (κ2) is 12.5. The van der Waals surface area contributed by atoms with Crippen LogP contribution in [0.25, 0.3) is 76.5 Å². The molecule has 56 heavy (non-hydrogen) atoms. The summed E-state index contributed by atoms with van der Waals surface area (Å²) in [6, 6.07) is 74.0. The van der Waals surface area contributed by atoms with E-state index in [-0.39, 0.29) is 5.41 Å². The van der Waals surface area contributed by atoms with E-state index >= 15 is 0 Å². The van der Waals surface area contributed by atoms with Gasteiger partial charge in [0.1, 0.15) is 0 Å². The maximum absolute atomic E-state index is 2.42. The zero-order chi connectivity index (χ0) is 37.4. The van der Waals surface area contributed by atoms with Crippen LogP contribution in [-0.4, -0.2) is 0 Å². The molecule has 0 spiro atoms. The Labute approximate surface area is 327 Å². The molecule has 0 radical (unpaired) electrons. The van der Waals surface area contributed by atoms with Crippen molar-refractivity contribution in [3.63, 3.8) is 0 Å². The van der Waals surface area contributed by atoms with Crippen LogP contribution >= 0.6 is 0 Å². The van der Waals surface area contributed by atoms with Gasteiger partial charge in [-0.05, 0) is 136 Å². The summed E-state index contributed by atoms with van der Waals surface area (Å²) in [6.45, 7) is 4.71. The first-order valence-electron chi connectivity index (χ1n) is 19.6. The first-order chi connectivity index (χ1) is 27.5. The Bertz CT molecular complexity index is 3170. The molecule has 0 saturated heterocycles. The molecule has 0 unspecified atom stereocenters. The van der Waals surface area contributed by atoms with Gasteiger partial charge in [0.05, 0.1) is 0 Å². The molecule has 0 N–H and O–H groups in total. The van der Waals surface area contributed by atoms with Crippen molar-refractivity contribution in [2.45, 2.75) is 19.3 Å². The van der Waals surface area contributed by atoms with Crippen molar-refractivity contribution in [1.29, 1.82) is 0 Å². The predicted octanol–water partition coefficient (Wildman–Crippen LogP) is 15.4. The van der Waals surface area contributed by atoms with Gasteiger partial charge in [-0.3, -0.25) is 0 Å². The maximum atomic E-state index is 2.42. The molecule has 0 amide bonds. The Balaban J connectivity index is 1.01. The van der Waals surface area contributed by atoms with E-state index in [0.717, 1.165) is 17.1 Å². The maximum Gasteiger partial charge on any atom is 0.0467 e. The fraction of sp³-hybridized carbons (Fsp3) is 0.0545. The number of hydrogen-bond donors (Lipinski definition) is 0. The van der Waals surface area contributed by atoms with Gasteiger partial charge in [-0.2, -0.15) is 0 Å². The molecule has 0 heterocycles. The largest absolute Gasteiger partial charge is 0.310 e. The molecule has 0 bridgehead atoms. The molecule has 10 aromatic carbocycles. The highest BCUT2D eigenvalue weighted by atomic mass is 15.1. The van der Waals surface area contributed by atoms with Crippen LogP contribution in [0.3, 0.4) is 0 Å². The molecule has 0 aromatic heterocycles. The highest BCUT2D eigenvalue weighted by Gasteiger charge is 2.35. The topological polar surface area (TPSA) is 3.24 Å². The van der Waals surface area contributed by atoms with Crippen LogP contribution in [0.2, 0.25) is 0 Å². The van der Waals surface area contributed by atoms with Gasteiger partial charge in [-0.15, -0.1) is 0 Å². The quantitative estimate of drug-likeness (QED) is 0.161. The monoisotopic (exact) mass is 713 g/mol.